The molecular weight excluding hydrogens is 278 g/mol. The molecule has 4 heteroatoms. The first-order chi connectivity index (χ1) is 10.0. The van der Waals surface area contributed by atoms with Crippen molar-refractivity contribution in [3.8, 4) is 0 Å². The third kappa shape index (κ3) is 3.89. The Labute approximate surface area is 132 Å². The van der Waals surface area contributed by atoms with Crippen molar-refractivity contribution in [1.29, 1.82) is 0 Å². The molecule has 1 N–H and O–H groups in total. The summed E-state index contributed by atoms with van der Waals surface area (Å²) >= 11 is 1.81. The Morgan fingerprint density at radius 2 is 1.90 bits per heavy atom. The fraction of sp³-hybridized carbons (Fsp3) is 0.471. The third-order valence-corrected chi connectivity index (χ3v) is 4.84. The van der Waals surface area contributed by atoms with Crippen molar-refractivity contribution in [2.24, 2.45) is 7.05 Å². The van der Waals surface area contributed by atoms with E-state index >= 15 is 0 Å². The third-order valence-electron chi connectivity index (χ3n) is 3.69. The van der Waals surface area contributed by atoms with Crippen LogP contribution < -0.4 is 5.32 Å². The summed E-state index contributed by atoms with van der Waals surface area (Å²) in [7, 11) is 2.04. The predicted octanol–water partition coefficient (Wildman–Crippen LogP) is 3.79. The van der Waals surface area contributed by atoms with Crippen LogP contribution in [0.15, 0.2) is 29.7 Å². The van der Waals surface area contributed by atoms with Crippen LogP contribution in [0.25, 0.3) is 0 Å². The van der Waals surface area contributed by atoms with Crippen LogP contribution in [0, 0.1) is 20.8 Å². The highest BCUT2D eigenvalue weighted by Crippen LogP contribution is 2.28. The second-order valence-electron chi connectivity index (χ2n) is 5.55. The van der Waals surface area contributed by atoms with Crippen LogP contribution in [0.3, 0.4) is 0 Å². The largest absolute Gasteiger partial charge is 0.329 e. The van der Waals surface area contributed by atoms with E-state index in [0.29, 0.717) is 6.04 Å². The molecule has 0 radical (unpaired) electrons. The summed E-state index contributed by atoms with van der Waals surface area (Å²) in [5.74, 6) is 0.990. The van der Waals surface area contributed by atoms with Gasteiger partial charge in [-0.3, -0.25) is 0 Å². The van der Waals surface area contributed by atoms with E-state index in [1.54, 1.807) is 0 Å². The normalized spacial score (nSPS) is 12.6. The smallest absolute Gasteiger partial charge is 0.167 e. The van der Waals surface area contributed by atoms with Gasteiger partial charge in [0, 0.05) is 31.2 Å². The zero-order valence-corrected chi connectivity index (χ0v) is 14.4. The maximum atomic E-state index is 4.40. The fourth-order valence-electron chi connectivity index (χ4n) is 2.88. The van der Waals surface area contributed by atoms with Gasteiger partial charge in [0.25, 0.3) is 0 Å². The lowest BCUT2D eigenvalue weighted by molar-refractivity contribution is 0.599. The molecule has 0 saturated carbocycles. The van der Waals surface area contributed by atoms with E-state index in [-0.39, 0.29) is 0 Å². The van der Waals surface area contributed by atoms with Crippen LogP contribution in [0.5, 0.6) is 0 Å². The van der Waals surface area contributed by atoms with E-state index in [9.17, 15) is 0 Å². The number of thioether (sulfide) groups is 1. The maximum absolute atomic E-state index is 4.40. The summed E-state index contributed by atoms with van der Waals surface area (Å²) < 4.78 is 2.07. The van der Waals surface area contributed by atoms with E-state index in [1.165, 1.54) is 22.3 Å². The maximum Gasteiger partial charge on any atom is 0.167 e. The molecule has 21 heavy (non-hydrogen) atoms. The molecule has 1 aromatic carbocycles. The van der Waals surface area contributed by atoms with Gasteiger partial charge in [0.05, 0.1) is 0 Å². The fourth-order valence-corrected chi connectivity index (χ4v) is 3.88. The van der Waals surface area contributed by atoms with E-state index in [4.69, 9.17) is 0 Å². The average molecular weight is 303 g/mol. The van der Waals surface area contributed by atoms with Gasteiger partial charge >= 0.3 is 0 Å². The summed E-state index contributed by atoms with van der Waals surface area (Å²) in [6.07, 6.45) is 3.85. The Balaban J connectivity index is 2.21. The Morgan fingerprint density at radius 1 is 1.24 bits per heavy atom. The Kier molecular flexibility index (Phi) is 5.48. The molecule has 1 aromatic heterocycles. The lowest BCUT2D eigenvalue weighted by Gasteiger charge is -2.22. The van der Waals surface area contributed by atoms with Crippen molar-refractivity contribution in [1.82, 2.24) is 14.9 Å². The molecule has 0 fully saturated rings. The van der Waals surface area contributed by atoms with Gasteiger partial charge in [-0.15, -0.1) is 0 Å². The molecule has 1 unspecified atom stereocenters. The first kappa shape index (κ1) is 16.1. The zero-order valence-electron chi connectivity index (χ0n) is 13.6. The van der Waals surface area contributed by atoms with Crippen LogP contribution >= 0.6 is 11.8 Å². The van der Waals surface area contributed by atoms with Crippen LogP contribution in [0.2, 0.25) is 0 Å². The van der Waals surface area contributed by atoms with E-state index in [0.717, 1.165) is 17.5 Å². The van der Waals surface area contributed by atoms with E-state index in [2.05, 4.69) is 54.7 Å². The molecule has 3 nitrogen and oxygen atoms in total. The van der Waals surface area contributed by atoms with E-state index < -0.39 is 0 Å². The molecule has 0 spiro atoms. The first-order valence-corrected chi connectivity index (χ1v) is 8.42. The molecule has 0 amide bonds. The Bertz CT molecular complexity index is 581. The molecule has 0 aliphatic heterocycles. The highest BCUT2D eigenvalue weighted by molar-refractivity contribution is 7.99. The molecular formula is C17H25N3S. The van der Waals surface area contributed by atoms with Gasteiger partial charge in [0.2, 0.25) is 0 Å². The van der Waals surface area contributed by atoms with Crippen LogP contribution in [-0.2, 0) is 7.05 Å². The molecule has 1 atom stereocenters. The van der Waals surface area contributed by atoms with Gasteiger partial charge < -0.3 is 9.88 Å². The van der Waals surface area contributed by atoms with Crippen molar-refractivity contribution >= 4 is 11.8 Å². The van der Waals surface area contributed by atoms with Crippen molar-refractivity contribution in [2.75, 3.05) is 12.3 Å². The number of aryl methyl sites for hydroxylation is 4. The van der Waals surface area contributed by atoms with Gasteiger partial charge in [-0.25, -0.2) is 4.98 Å². The lowest BCUT2D eigenvalue weighted by Crippen LogP contribution is -2.25. The number of nitrogens with one attached hydrogen (secondary N) is 1. The molecule has 2 aromatic rings. The molecule has 1 heterocycles. The SMILES string of the molecule is CCNC(CSc1nccn1C)c1c(C)cc(C)cc1C. The highest BCUT2D eigenvalue weighted by atomic mass is 32.2. The molecule has 0 aliphatic carbocycles. The summed E-state index contributed by atoms with van der Waals surface area (Å²) in [4.78, 5) is 4.40. The van der Waals surface area contributed by atoms with Crippen molar-refractivity contribution in [3.63, 3.8) is 0 Å². The molecule has 2 rings (SSSR count). The minimum Gasteiger partial charge on any atom is -0.329 e. The number of hydrogen-bond acceptors (Lipinski definition) is 3. The number of benzene rings is 1. The summed E-state index contributed by atoms with van der Waals surface area (Å²) in [6.45, 7) is 9.72. The average Bonchev–Trinajstić information content (AvgIpc) is 2.80. The second kappa shape index (κ2) is 7.14. The number of imidazole rings is 1. The van der Waals surface area contributed by atoms with Crippen LogP contribution in [-0.4, -0.2) is 21.8 Å². The van der Waals surface area contributed by atoms with Gasteiger partial charge in [0.15, 0.2) is 5.16 Å². The monoisotopic (exact) mass is 303 g/mol. The van der Waals surface area contributed by atoms with Crippen molar-refractivity contribution in [3.05, 3.63) is 46.8 Å². The van der Waals surface area contributed by atoms with Gasteiger partial charge in [-0.05, 0) is 44.0 Å². The Morgan fingerprint density at radius 3 is 2.43 bits per heavy atom. The minimum atomic E-state index is 0.359. The minimum absolute atomic E-state index is 0.359. The van der Waals surface area contributed by atoms with Gasteiger partial charge in [0.1, 0.15) is 0 Å². The van der Waals surface area contributed by atoms with Gasteiger partial charge in [-0.2, -0.15) is 0 Å². The van der Waals surface area contributed by atoms with E-state index in [1.807, 2.05) is 31.2 Å². The van der Waals surface area contributed by atoms with Gasteiger partial charge in [-0.1, -0.05) is 36.4 Å². The standard InChI is InChI=1S/C17H25N3S/c1-6-18-15(11-21-17-19-7-8-20(17)5)16-13(3)9-12(2)10-14(16)4/h7-10,15,18H,6,11H2,1-5H3. The topological polar surface area (TPSA) is 29.9 Å². The molecule has 0 bridgehead atoms. The quantitative estimate of drug-likeness (QED) is 0.824. The number of rotatable bonds is 6. The molecule has 0 aliphatic rings. The number of nitrogens with zero attached hydrogens (tertiary/aromatic N) is 2. The molecule has 0 saturated heterocycles. The Hall–Kier alpha value is -1.26. The van der Waals surface area contributed by atoms with Crippen molar-refractivity contribution in [2.45, 2.75) is 38.9 Å². The number of aromatic nitrogens is 2. The highest BCUT2D eigenvalue weighted by Gasteiger charge is 2.17. The lowest BCUT2D eigenvalue weighted by atomic mass is 9.95. The van der Waals surface area contributed by atoms with Crippen LogP contribution in [0.4, 0.5) is 0 Å². The first-order valence-electron chi connectivity index (χ1n) is 7.44. The predicted molar refractivity (Wildman–Crippen MR) is 91.0 cm³/mol. The van der Waals surface area contributed by atoms with Crippen LogP contribution in [0.1, 0.15) is 35.2 Å². The van der Waals surface area contributed by atoms with Crippen molar-refractivity contribution < 1.29 is 0 Å². The summed E-state index contributed by atoms with van der Waals surface area (Å²) in [5.41, 5.74) is 5.52. The summed E-state index contributed by atoms with van der Waals surface area (Å²) in [5, 5.41) is 4.69. The summed E-state index contributed by atoms with van der Waals surface area (Å²) in [6, 6.07) is 4.91. The number of hydrogen-bond donors (Lipinski definition) is 1. The molecule has 114 valence electrons. The second-order valence-corrected chi connectivity index (χ2v) is 6.54. The zero-order chi connectivity index (χ0) is 15.4.